The fourth-order valence-corrected chi connectivity index (χ4v) is 12.8. The Morgan fingerprint density at radius 2 is 0.920 bits per heavy atom. The number of nitrogens with one attached hydrogen (secondary N) is 2. The van der Waals surface area contributed by atoms with Crippen LogP contribution in [-0.4, -0.2) is 205 Å². The minimum Gasteiger partial charge on any atom is -0.392 e. The molecular formula is C75H157N9O3. The molecular weight excluding hydrogens is 1070 g/mol. The van der Waals surface area contributed by atoms with Gasteiger partial charge in [0.1, 0.15) is 0 Å². The third kappa shape index (κ3) is 42.4. The van der Waals surface area contributed by atoms with E-state index in [1.165, 1.54) is 155 Å². The minimum absolute atomic E-state index is 0. The lowest BCUT2D eigenvalue weighted by molar-refractivity contribution is 0.0648. The molecule has 7 aliphatic heterocycles. The summed E-state index contributed by atoms with van der Waals surface area (Å²) < 4.78 is 0. The van der Waals surface area contributed by atoms with Gasteiger partial charge < -0.3 is 50.2 Å². The average Bonchev–Trinajstić information content (AvgIpc) is 4.42. The number of piperazine rings is 1. The van der Waals surface area contributed by atoms with E-state index in [1.54, 1.807) is 0 Å². The van der Waals surface area contributed by atoms with Gasteiger partial charge in [0.2, 0.25) is 0 Å². The third-order valence-electron chi connectivity index (χ3n) is 19.5. The Labute approximate surface area is 544 Å². The van der Waals surface area contributed by atoms with Crippen LogP contribution in [-0.2, 0) is 0 Å². The summed E-state index contributed by atoms with van der Waals surface area (Å²) in [4.78, 5) is 27.9. The molecule has 5 atom stereocenters. The fourth-order valence-electron chi connectivity index (χ4n) is 12.8. The van der Waals surface area contributed by atoms with Gasteiger partial charge in [0, 0.05) is 89.3 Å². The van der Waals surface area contributed by atoms with Gasteiger partial charge in [-0.15, -0.1) is 0 Å². The highest BCUT2D eigenvalue weighted by atomic mass is 16.3. The van der Waals surface area contributed by atoms with Crippen molar-refractivity contribution in [3.05, 3.63) is 12.3 Å². The first-order chi connectivity index (χ1) is 40.6. The molecule has 2 amide bonds. The Morgan fingerprint density at radius 1 is 0.471 bits per heavy atom. The van der Waals surface area contributed by atoms with Crippen LogP contribution in [0.5, 0.6) is 0 Å². The number of urea groups is 1. The van der Waals surface area contributed by atoms with Crippen molar-refractivity contribution in [2.75, 3.05) is 124 Å². The largest absolute Gasteiger partial charge is 0.392 e. The number of piperidine rings is 2. The van der Waals surface area contributed by atoms with Gasteiger partial charge in [0.05, 0.1) is 12.2 Å². The highest BCUT2D eigenvalue weighted by Crippen LogP contribution is 2.29. The van der Waals surface area contributed by atoms with Gasteiger partial charge in [-0.1, -0.05) is 164 Å². The van der Waals surface area contributed by atoms with Gasteiger partial charge >= 0.3 is 6.03 Å². The summed E-state index contributed by atoms with van der Waals surface area (Å²) in [5.41, 5.74) is 1.06. The lowest BCUT2D eigenvalue weighted by Crippen LogP contribution is -2.45. The topological polar surface area (TPSA) is 104 Å². The Hall–Kier alpha value is -1.51. The zero-order valence-electron chi connectivity index (χ0n) is 61.3. The maximum Gasteiger partial charge on any atom is 0.317 e. The van der Waals surface area contributed by atoms with Crippen LogP contribution >= 0.6 is 0 Å². The molecule has 0 aromatic heterocycles. The number of hydrogen-bond donors (Lipinski definition) is 4. The summed E-state index contributed by atoms with van der Waals surface area (Å²) >= 11 is 0. The fraction of sp³-hybridized carbons (Fsp3) is 0.960. The van der Waals surface area contributed by atoms with Crippen molar-refractivity contribution in [2.24, 2.45) is 59.2 Å². The molecule has 8 rings (SSSR count). The predicted molar refractivity (Wildman–Crippen MR) is 383 cm³/mol. The highest BCUT2D eigenvalue weighted by molar-refractivity contribution is 5.76. The van der Waals surface area contributed by atoms with Crippen LogP contribution in [0.4, 0.5) is 4.79 Å². The lowest BCUT2D eigenvalue weighted by Gasteiger charge is -2.31. The van der Waals surface area contributed by atoms with E-state index in [0.29, 0.717) is 11.8 Å². The predicted octanol–water partition coefficient (Wildman–Crippen LogP) is 15.6. The molecule has 12 heteroatoms. The standard InChI is InChI=1S/C10H20N2O.C10H21N.C10H20.C9H19NO.3C9H19N.C8H16N2O.CH4/c1-8(2)10(13)7-12-5-4-11-9(3)6-12;1-9(2)8-11-6-4-10(3)5-7-11;1-9(2)8-10-6-4-3-5-7-10;1-8(2)6-10-5-3-4-9(11)7-10;3*1-8(2)9(3)10-6-4-5-7-10;1-7(2)3-5-10-6-4-9-8(10)11;/h8,10-11,13H,3-7H2,1-2H3;9-10H,4-8H2,1-3H3;9-10H,3-8H2,1-2H3;8-9,11H,3-7H2,1-2H3;3*8-9H,4-7H2,1-3H3;7H,3-6H2,1-2H3,(H,9,11);1H4/t;;;3*9-;;;/m...010.../s1. The van der Waals surface area contributed by atoms with Gasteiger partial charge in [-0.25, -0.2) is 4.79 Å². The van der Waals surface area contributed by atoms with E-state index in [-0.39, 0.29) is 25.7 Å². The van der Waals surface area contributed by atoms with Gasteiger partial charge in [-0.2, -0.15) is 0 Å². The SMILES string of the molecule is C.C=C1CN(CC(O)C(C)C)CCN1.CC(C)C(C)N1CCCC1.CC(C)CC1CCCCC1.CC(C)CCN1CCNC1=O.CC(C)CN1CCC(C)CC1.CC(C)CN1CCC[C@H](O)C1.CC(C)[C@@H](C)N1CCCC1.CC(C)[C@H](C)N1CCCC1. The molecule has 0 spiro atoms. The first kappa shape index (κ1) is 85.5. The Morgan fingerprint density at radius 3 is 1.29 bits per heavy atom. The molecule has 0 aromatic rings. The van der Waals surface area contributed by atoms with E-state index in [2.05, 4.69) is 171 Å². The molecule has 8 fully saturated rings. The molecule has 1 saturated carbocycles. The number of carbonyl (C=O) groups is 1. The average molecular weight is 1230 g/mol. The molecule has 2 unspecified atom stereocenters. The van der Waals surface area contributed by atoms with E-state index < -0.39 is 0 Å². The maximum absolute atomic E-state index is 11.0. The van der Waals surface area contributed by atoms with Crippen molar-refractivity contribution in [1.29, 1.82) is 0 Å². The molecule has 1 aliphatic carbocycles. The molecule has 7 saturated heterocycles. The van der Waals surface area contributed by atoms with Gasteiger partial charge in [-0.3, -0.25) is 4.90 Å². The number of β-amino-alcohol motifs (C(OH)–C–C–N with tert-alkyl or cyclic N) is 2. The van der Waals surface area contributed by atoms with Crippen molar-refractivity contribution < 1.29 is 15.0 Å². The van der Waals surface area contributed by atoms with Crippen molar-refractivity contribution >= 4 is 6.03 Å². The number of carbonyl (C=O) groups excluding carboxylic acids is 1. The van der Waals surface area contributed by atoms with E-state index >= 15 is 0 Å². The zero-order valence-corrected chi connectivity index (χ0v) is 61.3. The first-order valence-electron chi connectivity index (χ1n) is 36.8. The highest BCUT2D eigenvalue weighted by Gasteiger charge is 2.24. The Bertz CT molecular complexity index is 1530. The molecule has 0 radical (unpaired) electrons. The quantitative estimate of drug-likeness (QED) is 0.106. The number of rotatable bonds is 18. The molecule has 0 aromatic carbocycles. The van der Waals surface area contributed by atoms with Crippen molar-refractivity contribution in [1.82, 2.24) is 44.9 Å². The van der Waals surface area contributed by atoms with Crippen LogP contribution in [0.25, 0.3) is 0 Å². The monoisotopic (exact) mass is 1230 g/mol. The molecule has 8 aliphatic rings. The first-order valence-corrected chi connectivity index (χ1v) is 36.8. The summed E-state index contributed by atoms with van der Waals surface area (Å²) in [5, 5.41) is 25.0. The van der Waals surface area contributed by atoms with Crippen LogP contribution in [0.3, 0.4) is 0 Å². The smallest absolute Gasteiger partial charge is 0.317 e. The van der Waals surface area contributed by atoms with Crippen molar-refractivity contribution in [2.45, 2.75) is 285 Å². The molecule has 7 heterocycles. The second kappa shape index (κ2) is 50.0. The molecule has 4 N–H and O–H groups in total. The van der Waals surface area contributed by atoms with Crippen LogP contribution < -0.4 is 10.6 Å². The molecule has 520 valence electrons. The lowest BCUT2D eigenvalue weighted by atomic mass is 9.84. The van der Waals surface area contributed by atoms with Crippen molar-refractivity contribution in [3.8, 4) is 0 Å². The Balaban J connectivity index is 0.000000971. The third-order valence-corrected chi connectivity index (χ3v) is 19.5. The van der Waals surface area contributed by atoms with Crippen molar-refractivity contribution in [3.63, 3.8) is 0 Å². The Kier molecular flexibility index (Phi) is 49.2. The van der Waals surface area contributed by atoms with E-state index in [1.807, 2.05) is 18.7 Å². The van der Waals surface area contributed by atoms with Crippen LogP contribution in [0.15, 0.2) is 12.3 Å². The number of aliphatic hydroxyl groups is 2. The molecule has 12 nitrogen and oxygen atoms in total. The maximum atomic E-state index is 11.0. The number of amides is 2. The van der Waals surface area contributed by atoms with E-state index in [4.69, 9.17) is 0 Å². The summed E-state index contributed by atoms with van der Waals surface area (Å²) in [6.45, 7) is 70.6. The molecule has 0 bridgehead atoms. The molecule has 87 heavy (non-hydrogen) atoms. The van der Waals surface area contributed by atoms with E-state index in [0.717, 1.165) is 149 Å². The van der Waals surface area contributed by atoms with Gasteiger partial charge in [0.15, 0.2) is 0 Å². The summed E-state index contributed by atoms with van der Waals surface area (Å²) in [6.07, 6.45) is 23.3. The normalized spacial score (nSPS) is 22.7. The number of hydrogen-bond acceptors (Lipinski definition) is 10. The second-order valence-electron chi connectivity index (χ2n) is 31.1. The summed E-state index contributed by atoms with van der Waals surface area (Å²) in [6, 6.07) is 2.48. The summed E-state index contributed by atoms with van der Waals surface area (Å²) in [7, 11) is 0. The second-order valence-corrected chi connectivity index (χ2v) is 31.1. The number of likely N-dealkylation sites (tertiary alicyclic amines) is 5. The van der Waals surface area contributed by atoms with Crippen LogP contribution in [0, 0.1) is 59.2 Å². The summed E-state index contributed by atoms with van der Waals surface area (Å²) in [5.74, 6) is 8.00. The number of nitrogens with zero attached hydrogens (tertiary/aromatic N) is 7. The zero-order chi connectivity index (χ0) is 64.7. The van der Waals surface area contributed by atoms with E-state index in [9.17, 15) is 15.0 Å². The van der Waals surface area contributed by atoms with Gasteiger partial charge in [-0.05, 0) is 216 Å². The van der Waals surface area contributed by atoms with Crippen LogP contribution in [0.1, 0.15) is 255 Å². The number of aliphatic hydroxyl groups excluding tert-OH is 2. The van der Waals surface area contributed by atoms with Gasteiger partial charge in [0.25, 0.3) is 0 Å². The minimum atomic E-state index is -0.217. The van der Waals surface area contributed by atoms with Crippen LogP contribution in [0.2, 0.25) is 0 Å².